The Balaban J connectivity index is 2.45. The number of halogens is 2. The number of carbonyl (C=O) groups is 1. The van der Waals surface area contributed by atoms with Crippen molar-refractivity contribution in [2.75, 3.05) is 6.61 Å². The molecule has 0 bridgehead atoms. The van der Waals surface area contributed by atoms with Crippen LogP contribution in [0, 0.1) is 9.39 Å². The zero-order valence-electron chi connectivity index (χ0n) is 9.41. The van der Waals surface area contributed by atoms with Crippen molar-refractivity contribution in [3.8, 4) is 11.3 Å². The Bertz CT molecular complexity index is 585. The summed E-state index contributed by atoms with van der Waals surface area (Å²) >= 11 is 1.97. The van der Waals surface area contributed by atoms with Gasteiger partial charge in [0.1, 0.15) is 11.5 Å². The number of ether oxygens (including phenoxy) is 1. The van der Waals surface area contributed by atoms with Crippen LogP contribution in [-0.4, -0.2) is 28.0 Å². The fraction of sp³-hybridized carbons (Fsp3) is 0.182. The number of esters is 1. The van der Waals surface area contributed by atoms with Gasteiger partial charge in [0.2, 0.25) is 0 Å². The first kappa shape index (κ1) is 12.9. The Morgan fingerprint density at radius 3 is 2.94 bits per heavy atom. The van der Waals surface area contributed by atoms with Gasteiger partial charge in [-0.25, -0.2) is 9.18 Å². The third-order valence-corrected chi connectivity index (χ3v) is 3.10. The Kier molecular flexibility index (Phi) is 3.90. The van der Waals surface area contributed by atoms with E-state index in [1.165, 1.54) is 12.1 Å². The molecule has 0 fully saturated rings. The van der Waals surface area contributed by atoms with Gasteiger partial charge in [-0.3, -0.25) is 0 Å². The predicted octanol–water partition coefficient (Wildman–Crippen LogP) is 2.39. The van der Waals surface area contributed by atoms with Crippen molar-refractivity contribution in [2.24, 2.45) is 0 Å². The van der Waals surface area contributed by atoms with Crippen molar-refractivity contribution in [1.29, 1.82) is 0 Å². The minimum atomic E-state index is -0.554. The first-order valence-corrected chi connectivity index (χ1v) is 6.24. The molecular weight excluding hydrogens is 352 g/mol. The van der Waals surface area contributed by atoms with E-state index >= 15 is 0 Å². The lowest BCUT2D eigenvalue weighted by atomic mass is 10.1. The zero-order valence-corrected chi connectivity index (χ0v) is 11.6. The summed E-state index contributed by atoms with van der Waals surface area (Å²) < 4.78 is 18.5. The smallest absolute Gasteiger partial charge is 0.361 e. The van der Waals surface area contributed by atoms with Gasteiger partial charge in [-0.2, -0.15) is 10.3 Å². The molecule has 2 rings (SSSR count). The summed E-state index contributed by atoms with van der Waals surface area (Å²) in [5, 5.41) is 10.1. The van der Waals surface area contributed by atoms with Crippen molar-refractivity contribution < 1.29 is 13.9 Å². The predicted molar refractivity (Wildman–Crippen MR) is 70.5 cm³/mol. The fourth-order valence-corrected chi connectivity index (χ4v) is 2.17. The van der Waals surface area contributed by atoms with Gasteiger partial charge >= 0.3 is 5.97 Å². The maximum absolute atomic E-state index is 13.0. The lowest BCUT2D eigenvalue weighted by molar-refractivity contribution is 0.0520. The number of nitrogens with one attached hydrogen (secondary N) is 1. The van der Waals surface area contributed by atoms with E-state index in [0.29, 0.717) is 14.8 Å². The van der Waals surface area contributed by atoms with Crippen molar-refractivity contribution in [2.45, 2.75) is 6.92 Å². The number of benzene rings is 1. The van der Waals surface area contributed by atoms with Crippen LogP contribution in [0.1, 0.15) is 17.4 Å². The summed E-state index contributed by atoms with van der Waals surface area (Å²) in [4.78, 5) is 11.7. The summed E-state index contributed by atoms with van der Waals surface area (Å²) in [5.41, 5.74) is 1.09. The average molecular weight is 361 g/mol. The number of aromatic amines is 1. The second kappa shape index (κ2) is 5.42. The van der Waals surface area contributed by atoms with E-state index in [1.54, 1.807) is 13.0 Å². The summed E-state index contributed by atoms with van der Waals surface area (Å²) in [6.07, 6.45) is 0. The molecule has 5 nitrogen and oxygen atoms in total. The minimum absolute atomic E-state index is 0.0985. The Morgan fingerprint density at radius 2 is 2.28 bits per heavy atom. The van der Waals surface area contributed by atoms with Crippen LogP contribution in [0.25, 0.3) is 11.3 Å². The molecule has 0 spiro atoms. The van der Waals surface area contributed by atoms with Gasteiger partial charge < -0.3 is 4.74 Å². The molecule has 1 aromatic carbocycles. The number of carbonyl (C=O) groups excluding carboxylic acids is 1. The van der Waals surface area contributed by atoms with Gasteiger partial charge in [0.05, 0.1) is 6.61 Å². The molecule has 94 valence electrons. The largest absolute Gasteiger partial charge is 0.461 e. The highest BCUT2D eigenvalue weighted by Crippen LogP contribution is 2.26. The van der Waals surface area contributed by atoms with Gasteiger partial charge in [-0.1, -0.05) is 0 Å². The zero-order chi connectivity index (χ0) is 13.1. The van der Waals surface area contributed by atoms with Gasteiger partial charge in [0.15, 0.2) is 5.69 Å². The quantitative estimate of drug-likeness (QED) is 0.674. The molecule has 0 amide bonds. The Labute approximate surface area is 116 Å². The topological polar surface area (TPSA) is 67.9 Å². The van der Waals surface area contributed by atoms with Crippen LogP contribution in [0.4, 0.5) is 4.39 Å². The average Bonchev–Trinajstić information content (AvgIpc) is 2.78. The first-order valence-electron chi connectivity index (χ1n) is 5.16. The van der Waals surface area contributed by atoms with Crippen LogP contribution < -0.4 is 0 Å². The van der Waals surface area contributed by atoms with E-state index in [2.05, 4.69) is 15.4 Å². The molecule has 0 saturated carbocycles. The van der Waals surface area contributed by atoms with Crippen molar-refractivity contribution in [3.63, 3.8) is 0 Å². The summed E-state index contributed by atoms with van der Waals surface area (Å²) in [6, 6.07) is 4.22. The molecule has 1 N–H and O–H groups in total. The molecule has 0 saturated heterocycles. The van der Waals surface area contributed by atoms with E-state index in [1.807, 2.05) is 22.6 Å². The minimum Gasteiger partial charge on any atom is -0.461 e. The number of hydrogen-bond donors (Lipinski definition) is 1. The lowest BCUT2D eigenvalue weighted by Gasteiger charge is -2.03. The third-order valence-electron chi connectivity index (χ3n) is 2.20. The maximum Gasteiger partial charge on any atom is 0.361 e. The molecular formula is C11H9FIN3O2. The highest BCUT2D eigenvalue weighted by molar-refractivity contribution is 14.1. The van der Waals surface area contributed by atoms with E-state index in [-0.39, 0.29) is 18.1 Å². The van der Waals surface area contributed by atoms with Gasteiger partial charge in [-0.15, -0.1) is 5.10 Å². The number of H-pyrrole nitrogens is 1. The number of aromatic nitrogens is 3. The Morgan fingerprint density at radius 1 is 1.50 bits per heavy atom. The summed E-state index contributed by atoms with van der Waals surface area (Å²) in [6.45, 7) is 1.96. The van der Waals surface area contributed by atoms with E-state index in [4.69, 9.17) is 4.74 Å². The molecule has 0 unspecified atom stereocenters. The second-order valence-electron chi connectivity index (χ2n) is 3.37. The highest BCUT2D eigenvalue weighted by Gasteiger charge is 2.20. The van der Waals surface area contributed by atoms with Gasteiger partial charge in [-0.05, 0) is 47.7 Å². The molecule has 7 heteroatoms. The number of hydrogen-bond acceptors (Lipinski definition) is 4. The van der Waals surface area contributed by atoms with Crippen molar-refractivity contribution in [3.05, 3.63) is 33.3 Å². The fourth-order valence-electron chi connectivity index (χ4n) is 1.44. The van der Waals surface area contributed by atoms with Crippen molar-refractivity contribution in [1.82, 2.24) is 15.4 Å². The number of nitrogens with zero attached hydrogens (tertiary/aromatic N) is 2. The first-order chi connectivity index (χ1) is 8.63. The molecule has 0 aliphatic rings. The lowest BCUT2D eigenvalue weighted by Crippen LogP contribution is -2.07. The second-order valence-corrected chi connectivity index (χ2v) is 4.53. The normalized spacial score (nSPS) is 10.4. The third kappa shape index (κ3) is 2.50. The Hall–Kier alpha value is -1.51. The molecule has 1 heterocycles. The molecule has 0 aliphatic heterocycles. The van der Waals surface area contributed by atoms with E-state index < -0.39 is 5.97 Å². The van der Waals surface area contributed by atoms with Crippen LogP contribution in [0.15, 0.2) is 18.2 Å². The van der Waals surface area contributed by atoms with Crippen LogP contribution in [0.5, 0.6) is 0 Å². The summed E-state index contributed by atoms with van der Waals surface area (Å²) in [5.74, 6) is -0.897. The number of rotatable bonds is 3. The molecule has 18 heavy (non-hydrogen) atoms. The van der Waals surface area contributed by atoms with Crippen molar-refractivity contribution >= 4 is 28.6 Å². The molecule has 0 aliphatic carbocycles. The standard InChI is InChI=1S/C11H9FIN3O2/c1-2-18-11(17)10-9(14-16-15-10)7-4-3-6(12)5-8(7)13/h3-5H,2H2,1H3,(H,14,15,16). The van der Waals surface area contributed by atoms with Crippen LogP contribution >= 0.6 is 22.6 Å². The molecule has 0 radical (unpaired) electrons. The van der Waals surface area contributed by atoms with Crippen LogP contribution in [-0.2, 0) is 4.74 Å². The maximum atomic E-state index is 13.0. The molecule has 2 aromatic rings. The monoisotopic (exact) mass is 361 g/mol. The van der Waals surface area contributed by atoms with Gasteiger partial charge in [0, 0.05) is 9.13 Å². The van der Waals surface area contributed by atoms with Crippen LogP contribution in [0.2, 0.25) is 0 Å². The molecule has 0 atom stereocenters. The molecule has 1 aromatic heterocycles. The van der Waals surface area contributed by atoms with E-state index in [9.17, 15) is 9.18 Å². The van der Waals surface area contributed by atoms with Crippen LogP contribution in [0.3, 0.4) is 0 Å². The SMILES string of the molecule is CCOC(=O)c1n[nH]nc1-c1ccc(F)cc1I. The van der Waals surface area contributed by atoms with Gasteiger partial charge in [0.25, 0.3) is 0 Å². The summed E-state index contributed by atoms with van der Waals surface area (Å²) in [7, 11) is 0. The highest BCUT2D eigenvalue weighted by atomic mass is 127. The van der Waals surface area contributed by atoms with E-state index in [0.717, 1.165) is 0 Å².